The number of halogens is 1. The molecular formula is C18H19FO2. The quantitative estimate of drug-likeness (QED) is 0.595. The largest absolute Gasteiger partial charge is 0.423 e. The zero-order valence-corrected chi connectivity index (χ0v) is 12.4. The Morgan fingerprint density at radius 2 is 1.81 bits per heavy atom. The van der Waals surface area contributed by atoms with Crippen molar-refractivity contribution in [2.24, 2.45) is 0 Å². The first-order chi connectivity index (χ1) is 10.1. The summed E-state index contributed by atoms with van der Waals surface area (Å²) in [5.74, 6) is -0.569. The molecule has 0 aliphatic heterocycles. The van der Waals surface area contributed by atoms with E-state index >= 15 is 0 Å². The number of ether oxygens (including phenoxy) is 1. The van der Waals surface area contributed by atoms with Gasteiger partial charge < -0.3 is 4.74 Å². The molecule has 0 radical (unpaired) electrons. The van der Waals surface area contributed by atoms with Crippen LogP contribution in [0.5, 0.6) is 5.75 Å². The predicted octanol–water partition coefficient (Wildman–Crippen LogP) is 4.56. The van der Waals surface area contributed by atoms with Gasteiger partial charge in [-0.25, -0.2) is 9.18 Å². The highest BCUT2D eigenvalue weighted by molar-refractivity contribution is 5.91. The topological polar surface area (TPSA) is 26.3 Å². The fraction of sp³-hybridized carbons (Fsp3) is 0.278. The van der Waals surface area contributed by atoms with Crippen molar-refractivity contribution < 1.29 is 13.9 Å². The van der Waals surface area contributed by atoms with Crippen molar-refractivity contribution in [3.05, 3.63) is 65.0 Å². The average molecular weight is 286 g/mol. The van der Waals surface area contributed by atoms with Crippen LogP contribution in [0.4, 0.5) is 4.39 Å². The molecule has 110 valence electrons. The molecule has 0 N–H and O–H groups in total. The van der Waals surface area contributed by atoms with Crippen molar-refractivity contribution in [1.29, 1.82) is 0 Å². The van der Waals surface area contributed by atoms with Gasteiger partial charge in [0.25, 0.3) is 0 Å². The lowest BCUT2D eigenvalue weighted by Crippen LogP contribution is -2.08. The van der Waals surface area contributed by atoms with Crippen LogP contribution in [0.3, 0.4) is 0 Å². The second-order valence-electron chi connectivity index (χ2n) is 4.94. The highest BCUT2D eigenvalue weighted by Gasteiger charge is 2.10. The summed E-state index contributed by atoms with van der Waals surface area (Å²) in [6.07, 6.45) is 2.47. The third-order valence-electron chi connectivity index (χ3n) is 3.35. The number of rotatable bonds is 5. The van der Waals surface area contributed by atoms with Crippen molar-refractivity contribution in [2.45, 2.75) is 33.1 Å². The van der Waals surface area contributed by atoms with Crippen LogP contribution in [-0.4, -0.2) is 5.97 Å². The maximum atomic E-state index is 13.8. The van der Waals surface area contributed by atoms with Crippen molar-refractivity contribution in [2.75, 3.05) is 0 Å². The molecule has 2 nitrogen and oxygen atoms in total. The van der Waals surface area contributed by atoms with E-state index in [2.05, 4.69) is 0 Å². The average Bonchev–Trinajstić information content (AvgIpc) is 2.50. The van der Waals surface area contributed by atoms with Crippen molar-refractivity contribution in [3.63, 3.8) is 0 Å². The van der Waals surface area contributed by atoms with Gasteiger partial charge in [0.15, 0.2) is 0 Å². The van der Waals surface area contributed by atoms with E-state index in [1.165, 1.54) is 6.07 Å². The summed E-state index contributed by atoms with van der Waals surface area (Å²) in [4.78, 5) is 12.0. The predicted molar refractivity (Wildman–Crippen MR) is 81.2 cm³/mol. The summed E-state index contributed by atoms with van der Waals surface area (Å²) in [6.45, 7) is 4.04. The minimum atomic E-state index is -0.472. The lowest BCUT2D eigenvalue weighted by atomic mass is 10.1. The maximum absolute atomic E-state index is 13.8. The Morgan fingerprint density at radius 3 is 2.38 bits per heavy atom. The highest BCUT2D eigenvalue weighted by atomic mass is 19.1. The van der Waals surface area contributed by atoms with E-state index in [1.807, 2.05) is 26.0 Å². The van der Waals surface area contributed by atoms with Crippen molar-refractivity contribution >= 4 is 5.97 Å². The van der Waals surface area contributed by atoms with E-state index in [0.717, 1.165) is 18.4 Å². The molecule has 0 fully saturated rings. The summed E-state index contributed by atoms with van der Waals surface area (Å²) in [5.41, 5.74) is 2.26. The molecule has 0 saturated heterocycles. The van der Waals surface area contributed by atoms with Gasteiger partial charge in [0, 0.05) is 6.07 Å². The summed E-state index contributed by atoms with van der Waals surface area (Å²) in [7, 11) is 0. The van der Waals surface area contributed by atoms with Gasteiger partial charge in [-0.15, -0.1) is 0 Å². The van der Waals surface area contributed by atoms with Crippen LogP contribution in [0.25, 0.3) is 0 Å². The standard InChI is InChI=1S/C18H19FO2/c1-3-5-14-10-11-16(12-17(14)19)21-18(20)15-8-6-13(4-2)7-9-15/h6-12H,3-5H2,1-2H3. The fourth-order valence-corrected chi connectivity index (χ4v) is 2.11. The molecule has 2 rings (SSSR count). The first-order valence-corrected chi connectivity index (χ1v) is 7.23. The Hall–Kier alpha value is -2.16. The number of carbonyl (C=O) groups excluding carboxylic acids is 1. The molecule has 2 aromatic rings. The number of aryl methyl sites for hydroxylation is 2. The van der Waals surface area contributed by atoms with Crippen molar-refractivity contribution in [1.82, 2.24) is 0 Å². The van der Waals surface area contributed by atoms with Crippen LogP contribution < -0.4 is 4.74 Å². The summed E-state index contributed by atoms with van der Waals surface area (Å²) < 4.78 is 19.0. The SMILES string of the molecule is CCCc1ccc(OC(=O)c2ccc(CC)cc2)cc1F. The molecule has 0 bridgehead atoms. The second-order valence-corrected chi connectivity index (χ2v) is 4.94. The monoisotopic (exact) mass is 286 g/mol. The van der Waals surface area contributed by atoms with E-state index in [9.17, 15) is 9.18 Å². The summed E-state index contributed by atoms with van der Waals surface area (Å²) >= 11 is 0. The molecule has 0 atom stereocenters. The molecule has 0 heterocycles. The number of hydrogen-bond acceptors (Lipinski definition) is 2. The zero-order chi connectivity index (χ0) is 15.2. The molecule has 0 aliphatic rings. The molecule has 0 saturated carbocycles. The van der Waals surface area contributed by atoms with Gasteiger partial charge in [0.1, 0.15) is 11.6 Å². The molecule has 0 amide bonds. The number of esters is 1. The highest BCUT2D eigenvalue weighted by Crippen LogP contribution is 2.19. The second kappa shape index (κ2) is 7.02. The van der Waals surface area contributed by atoms with Gasteiger partial charge in [-0.05, 0) is 42.2 Å². The number of benzene rings is 2. The third-order valence-corrected chi connectivity index (χ3v) is 3.35. The fourth-order valence-electron chi connectivity index (χ4n) is 2.11. The summed E-state index contributed by atoms with van der Waals surface area (Å²) in [5, 5.41) is 0. The third kappa shape index (κ3) is 3.91. The van der Waals surface area contributed by atoms with Gasteiger partial charge in [-0.1, -0.05) is 38.5 Å². The lowest BCUT2D eigenvalue weighted by molar-refractivity contribution is 0.0734. The Balaban J connectivity index is 2.09. The molecule has 2 aromatic carbocycles. The molecule has 0 spiro atoms. The number of carbonyl (C=O) groups is 1. The van der Waals surface area contributed by atoms with Gasteiger partial charge in [-0.3, -0.25) is 0 Å². The molecular weight excluding hydrogens is 267 g/mol. The Bertz CT molecular complexity index is 618. The lowest BCUT2D eigenvalue weighted by Gasteiger charge is -2.07. The van der Waals surface area contributed by atoms with Crippen LogP contribution >= 0.6 is 0 Å². The molecule has 0 aliphatic carbocycles. The smallest absolute Gasteiger partial charge is 0.343 e. The minimum absolute atomic E-state index is 0.233. The van der Waals surface area contributed by atoms with E-state index in [0.29, 0.717) is 17.5 Å². The van der Waals surface area contributed by atoms with E-state index < -0.39 is 5.97 Å². The van der Waals surface area contributed by atoms with Gasteiger partial charge in [-0.2, -0.15) is 0 Å². The van der Waals surface area contributed by atoms with E-state index in [4.69, 9.17) is 4.74 Å². The normalized spacial score (nSPS) is 10.4. The van der Waals surface area contributed by atoms with E-state index in [1.54, 1.807) is 24.3 Å². The van der Waals surface area contributed by atoms with E-state index in [-0.39, 0.29) is 11.6 Å². The maximum Gasteiger partial charge on any atom is 0.343 e. The number of hydrogen-bond donors (Lipinski definition) is 0. The first kappa shape index (κ1) is 15.2. The van der Waals surface area contributed by atoms with Gasteiger partial charge in [0.05, 0.1) is 5.56 Å². The van der Waals surface area contributed by atoms with Crippen LogP contribution in [0.2, 0.25) is 0 Å². The molecule has 0 unspecified atom stereocenters. The van der Waals surface area contributed by atoms with Crippen LogP contribution in [-0.2, 0) is 12.8 Å². The van der Waals surface area contributed by atoms with Gasteiger partial charge in [0.2, 0.25) is 0 Å². The summed E-state index contributed by atoms with van der Waals surface area (Å²) in [6, 6.07) is 11.8. The first-order valence-electron chi connectivity index (χ1n) is 7.23. The minimum Gasteiger partial charge on any atom is -0.423 e. The van der Waals surface area contributed by atoms with Gasteiger partial charge >= 0.3 is 5.97 Å². The van der Waals surface area contributed by atoms with Crippen LogP contribution in [0.15, 0.2) is 42.5 Å². The Morgan fingerprint density at radius 1 is 1.10 bits per heavy atom. The molecule has 21 heavy (non-hydrogen) atoms. The Labute approximate surface area is 124 Å². The Kier molecular flexibility index (Phi) is 5.09. The van der Waals surface area contributed by atoms with Crippen LogP contribution in [0, 0.1) is 5.82 Å². The molecule has 3 heteroatoms. The van der Waals surface area contributed by atoms with Crippen LogP contribution in [0.1, 0.15) is 41.8 Å². The zero-order valence-electron chi connectivity index (χ0n) is 12.4. The molecule has 0 aromatic heterocycles. The van der Waals surface area contributed by atoms with Crippen molar-refractivity contribution in [3.8, 4) is 5.75 Å².